The number of alkyl carbamates (subject to hydrolysis) is 1. The second-order valence-electron chi connectivity index (χ2n) is 6.61. The first kappa shape index (κ1) is 19.5. The number of aliphatic hydroxyl groups excluding tert-OH is 1. The molecule has 1 heterocycles. The van der Waals surface area contributed by atoms with E-state index in [0.29, 0.717) is 19.4 Å². The zero-order valence-electron chi connectivity index (χ0n) is 13.4. The molecule has 0 aromatic heterocycles. The predicted molar refractivity (Wildman–Crippen MR) is 75.6 cm³/mol. The summed E-state index contributed by atoms with van der Waals surface area (Å²) in [4.78, 5) is 23.4. The Labute approximate surface area is 132 Å². The Morgan fingerprint density at radius 2 is 2.04 bits per heavy atom. The van der Waals surface area contributed by atoms with Crippen LogP contribution in [-0.4, -0.2) is 47.6 Å². The van der Waals surface area contributed by atoms with Gasteiger partial charge in [0, 0.05) is 12.5 Å². The molecule has 3 N–H and O–H groups in total. The molecule has 3 atom stereocenters. The molecular weight excluding hydrogens is 317 g/mol. The van der Waals surface area contributed by atoms with Crippen molar-refractivity contribution in [3.8, 4) is 0 Å². The highest BCUT2D eigenvalue weighted by Gasteiger charge is 2.45. The van der Waals surface area contributed by atoms with Crippen LogP contribution in [0.1, 0.15) is 40.0 Å². The first-order chi connectivity index (χ1) is 10.4. The van der Waals surface area contributed by atoms with Crippen molar-refractivity contribution in [3.63, 3.8) is 0 Å². The molecule has 9 heteroatoms. The van der Waals surface area contributed by atoms with E-state index in [2.05, 4.69) is 5.32 Å². The fourth-order valence-corrected chi connectivity index (χ4v) is 2.32. The molecule has 134 valence electrons. The monoisotopic (exact) mass is 340 g/mol. The minimum Gasteiger partial charge on any atom is -0.444 e. The molecule has 1 saturated heterocycles. The van der Waals surface area contributed by atoms with E-state index >= 15 is 0 Å². The number of alkyl halides is 3. The quantitative estimate of drug-likeness (QED) is 0.727. The molecule has 23 heavy (non-hydrogen) atoms. The van der Waals surface area contributed by atoms with Crippen LogP contribution < -0.4 is 10.6 Å². The maximum atomic E-state index is 12.8. The van der Waals surface area contributed by atoms with Gasteiger partial charge in [-0.1, -0.05) is 0 Å². The molecule has 1 fully saturated rings. The van der Waals surface area contributed by atoms with Crippen LogP contribution in [0, 0.1) is 5.92 Å². The largest absolute Gasteiger partial charge is 0.444 e. The number of halogens is 3. The van der Waals surface area contributed by atoms with Crippen molar-refractivity contribution >= 4 is 12.0 Å². The fourth-order valence-electron chi connectivity index (χ4n) is 2.32. The summed E-state index contributed by atoms with van der Waals surface area (Å²) in [6, 6.07) is -1.65. The summed E-state index contributed by atoms with van der Waals surface area (Å²) in [6.45, 7) is 5.17. The maximum absolute atomic E-state index is 12.8. The van der Waals surface area contributed by atoms with Crippen LogP contribution >= 0.6 is 0 Å². The molecule has 3 unspecified atom stereocenters. The van der Waals surface area contributed by atoms with Gasteiger partial charge in [-0.15, -0.1) is 0 Å². The van der Waals surface area contributed by atoms with Crippen LogP contribution in [0.25, 0.3) is 0 Å². The summed E-state index contributed by atoms with van der Waals surface area (Å²) in [7, 11) is 0. The van der Waals surface area contributed by atoms with Crippen LogP contribution in [0.3, 0.4) is 0 Å². The lowest BCUT2D eigenvalue weighted by atomic mass is 9.89. The standard InChI is InChI=1S/C14H23F3N2O4/c1-13(2,3)23-12(22)19-9(10(20)14(15,16)17)7-8-5-4-6-18-11(8)21/h8-10,20H,4-7H2,1-3H3,(H,18,21)(H,19,22). The van der Waals surface area contributed by atoms with Crippen molar-refractivity contribution < 1.29 is 32.6 Å². The number of carbonyl (C=O) groups excluding carboxylic acids is 2. The van der Waals surface area contributed by atoms with Crippen LogP contribution in [0.15, 0.2) is 0 Å². The molecule has 0 radical (unpaired) electrons. The van der Waals surface area contributed by atoms with Gasteiger partial charge in [-0.3, -0.25) is 4.79 Å². The number of ether oxygens (including phenoxy) is 1. The van der Waals surface area contributed by atoms with Crippen molar-refractivity contribution in [3.05, 3.63) is 0 Å². The van der Waals surface area contributed by atoms with Gasteiger partial charge < -0.3 is 20.5 Å². The van der Waals surface area contributed by atoms with E-state index in [1.807, 2.05) is 5.32 Å². The molecular formula is C14H23F3N2O4. The minimum atomic E-state index is -4.91. The number of amides is 2. The van der Waals surface area contributed by atoms with Gasteiger partial charge in [0.1, 0.15) is 5.60 Å². The molecule has 0 aromatic rings. The van der Waals surface area contributed by atoms with E-state index in [9.17, 15) is 27.9 Å². The minimum absolute atomic E-state index is 0.314. The first-order valence-corrected chi connectivity index (χ1v) is 7.42. The van der Waals surface area contributed by atoms with Gasteiger partial charge in [0.05, 0.1) is 6.04 Å². The van der Waals surface area contributed by atoms with Gasteiger partial charge in [0.2, 0.25) is 5.91 Å². The lowest BCUT2D eigenvalue weighted by Crippen LogP contribution is -2.53. The van der Waals surface area contributed by atoms with Crippen molar-refractivity contribution in [1.82, 2.24) is 10.6 Å². The average molecular weight is 340 g/mol. The van der Waals surface area contributed by atoms with Gasteiger partial charge >= 0.3 is 12.3 Å². The van der Waals surface area contributed by atoms with Gasteiger partial charge in [0.15, 0.2) is 6.10 Å². The SMILES string of the molecule is CC(C)(C)OC(=O)NC(CC1CCCNC1=O)C(O)C(F)(F)F. The molecule has 2 amide bonds. The Morgan fingerprint density at radius 3 is 2.52 bits per heavy atom. The Morgan fingerprint density at radius 1 is 1.43 bits per heavy atom. The lowest BCUT2D eigenvalue weighted by molar-refractivity contribution is -0.213. The molecule has 0 spiro atoms. The Kier molecular flexibility index (Phi) is 6.26. The molecule has 0 aliphatic carbocycles. The van der Waals surface area contributed by atoms with Crippen LogP contribution in [0.4, 0.5) is 18.0 Å². The first-order valence-electron chi connectivity index (χ1n) is 7.42. The maximum Gasteiger partial charge on any atom is 0.416 e. The van der Waals surface area contributed by atoms with Crippen LogP contribution in [0.2, 0.25) is 0 Å². The second kappa shape index (κ2) is 7.37. The average Bonchev–Trinajstić information content (AvgIpc) is 2.36. The summed E-state index contributed by atoms with van der Waals surface area (Å²) >= 11 is 0. The Hall–Kier alpha value is -1.51. The molecule has 0 saturated carbocycles. The number of piperidine rings is 1. The third kappa shape index (κ3) is 6.64. The van der Waals surface area contributed by atoms with E-state index in [0.717, 1.165) is 0 Å². The van der Waals surface area contributed by atoms with Crippen molar-refractivity contribution in [2.75, 3.05) is 6.54 Å². The third-order valence-electron chi connectivity index (χ3n) is 3.36. The van der Waals surface area contributed by atoms with Gasteiger partial charge in [0.25, 0.3) is 0 Å². The molecule has 1 aliphatic rings. The molecule has 1 rings (SSSR count). The predicted octanol–water partition coefficient (Wildman–Crippen LogP) is 1.72. The number of nitrogens with one attached hydrogen (secondary N) is 2. The van der Waals surface area contributed by atoms with E-state index in [4.69, 9.17) is 4.74 Å². The Bertz CT molecular complexity index is 435. The number of hydrogen-bond acceptors (Lipinski definition) is 4. The van der Waals surface area contributed by atoms with Gasteiger partial charge in [-0.2, -0.15) is 13.2 Å². The zero-order chi connectivity index (χ0) is 17.8. The molecule has 1 aliphatic heterocycles. The normalized spacial score (nSPS) is 22.0. The highest BCUT2D eigenvalue weighted by atomic mass is 19.4. The van der Waals surface area contributed by atoms with Crippen LogP contribution in [-0.2, 0) is 9.53 Å². The summed E-state index contributed by atoms with van der Waals surface area (Å²) < 4.78 is 43.3. The third-order valence-corrected chi connectivity index (χ3v) is 3.36. The summed E-state index contributed by atoms with van der Waals surface area (Å²) in [6.07, 6.45) is -8.02. The van der Waals surface area contributed by atoms with Crippen molar-refractivity contribution in [2.24, 2.45) is 5.92 Å². The highest BCUT2D eigenvalue weighted by molar-refractivity contribution is 5.79. The molecule has 0 aromatic carbocycles. The number of aliphatic hydroxyl groups is 1. The van der Waals surface area contributed by atoms with Crippen LogP contribution in [0.5, 0.6) is 0 Å². The highest BCUT2D eigenvalue weighted by Crippen LogP contribution is 2.27. The summed E-state index contributed by atoms with van der Waals surface area (Å²) in [5, 5.41) is 14.1. The van der Waals surface area contributed by atoms with E-state index in [1.54, 1.807) is 20.8 Å². The number of carbonyl (C=O) groups is 2. The van der Waals surface area contributed by atoms with Gasteiger partial charge in [-0.25, -0.2) is 4.79 Å². The number of hydrogen-bond donors (Lipinski definition) is 3. The van der Waals surface area contributed by atoms with Gasteiger partial charge in [-0.05, 0) is 40.0 Å². The van der Waals surface area contributed by atoms with E-state index in [-0.39, 0.29) is 12.3 Å². The molecule has 0 bridgehead atoms. The Balaban J connectivity index is 2.80. The second-order valence-corrected chi connectivity index (χ2v) is 6.61. The lowest BCUT2D eigenvalue weighted by Gasteiger charge is -2.31. The smallest absolute Gasteiger partial charge is 0.416 e. The van der Waals surface area contributed by atoms with E-state index < -0.39 is 35.9 Å². The van der Waals surface area contributed by atoms with Crippen molar-refractivity contribution in [2.45, 2.75) is 64.0 Å². The zero-order valence-corrected chi connectivity index (χ0v) is 13.4. The number of rotatable bonds is 4. The van der Waals surface area contributed by atoms with Crippen molar-refractivity contribution in [1.29, 1.82) is 0 Å². The fraction of sp³-hybridized carbons (Fsp3) is 0.857. The van der Waals surface area contributed by atoms with E-state index in [1.165, 1.54) is 0 Å². The summed E-state index contributed by atoms with van der Waals surface area (Å²) in [5.41, 5.74) is -0.889. The molecule has 6 nitrogen and oxygen atoms in total. The summed E-state index contributed by atoms with van der Waals surface area (Å²) in [5.74, 6) is -1.07. The topological polar surface area (TPSA) is 87.7 Å².